The summed E-state index contributed by atoms with van der Waals surface area (Å²) in [5.41, 5.74) is 1.57. The van der Waals surface area contributed by atoms with Crippen LogP contribution in [0.1, 0.15) is 20.8 Å². The largest absolute Gasteiger partial charge is 0.374 e. The second-order valence-electron chi connectivity index (χ2n) is 4.02. The van der Waals surface area contributed by atoms with Gasteiger partial charge < -0.3 is 16.0 Å². The maximum absolute atomic E-state index is 11.5. The van der Waals surface area contributed by atoms with E-state index < -0.39 is 0 Å². The summed E-state index contributed by atoms with van der Waals surface area (Å²) < 4.78 is 0. The van der Waals surface area contributed by atoms with Crippen molar-refractivity contribution in [3.8, 4) is 0 Å². The van der Waals surface area contributed by atoms with Crippen LogP contribution in [0.4, 0.5) is 11.4 Å². The summed E-state index contributed by atoms with van der Waals surface area (Å²) in [5.74, 6) is -0.144. The van der Waals surface area contributed by atoms with Gasteiger partial charge in [-0.3, -0.25) is 9.59 Å². The zero-order valence-corrected chi connectivity index (χ0v) is 10.9. The molecule has 5 nitrogen and oxygen atoms in total. The molecule has 2 amide bonds. The lowest BCUT2D eigenvalue weighted by Gasteiger charge is -2.14. The van der Waals surface area contributed by atoms with Crippen molar-refractivity contribution in [3.05, 3.63) is 24.3 Å². The molecule has 1 atom stereocenters. The van der Waals surface area contributed by atoms with E-state index in [1.165, 1.54) is 6.92 Å². The fourth-order valence-electron chi connectivity index (χ4n) is 1.50. The first-order valence-corrected chi connectivity index (χ1v) is 5.94. The average molecular weight is 249 g/mol. The normalized spacial score (nSPS) is 11.5. The molecule has 1 aromatic rings. The van der Waals surface area contributed by atoms with Crippen LogP contribution in [0.2, 0.25) is 0 Å². The molecule has 1 rings (SSSR count). The number of hydrogen-bond acceptors (Lipinski definition) is 3. The summed E-state index contributed by atoms with van der Waals surface area (Å²) in [7, 11) is 0. The Morgan fingerprint density at radius 1 is 1.17 bits per heavy atom. The number of carbonyl (C=O) groups excluding carboxylic acids is 2. The fourth-order valence-corrected chi connectivity index (χ4v) is 1.50. The van der Waals surface area contributed by atoms with Gasteiger partial charge in [0.2, 0.25) is 11.8 Å². The predicted octanol–water partition coefficient (Wildman–Crippen LogP) is 1.58. The Hall–Kier alpha value is -2.04. The zero-order chi connectivity index (χ0) is 13.5. The van der Waals surface area contributed by atoms with E-state index in [0.29, 0.717) is 6.54 Å². The van der Waals surface area contributed by atoms with E-state index in [1.807, 2.05) is 19.1 Å². The van der Waals surface area contributed by atoms with Crippen LogP contribution in [-0.4, -0.2) is 24.4 Å². The maximum Gasteiger partial charge on any atom is 0.242 e. The lowest BCUT2D eigenvalue weighted by molar-refractivity contribution is -0.121. The smallest absolute Gasteiger partial charge is 0.242 e. The monoisotopic (exact) mass is 249 g/mol. The number of hydrogen-bond donors (Lipinski definition) is 3. The Labute approximate surface area is 107 Å². The number of likely N-dealkylation sites (N-methyl/N-ethyl adjacent to an activating group) is 1. The minimum atomic E-state index is -0.295. The van der Waals surface area contributed by atoms with Crippen LogP contribution >= 0.6 is 0 Å². The first-order valence-electron chi connectivity index (χ1n) is 5.94. The lowest BCUT2D eigenvalue weighted by Crippen LogP contribution is -2.37. The average Bonchev–Trinajstić information content (AvgIpc) is 2.31. The quantitative estimate of drug-likeness (QED) is 0.742. The Balaban J connectivity index is 2.58. The topological polar surface area (TPSA) is 70.2 Å². The number of nitrogens with one attached hydrogen (secondary N) is 3. The molecule has 0 bridgehead atoms. The molecule has 0 aliphatic rings. The summed E-state index contributed by atoms with van der Waals surface area (Å²) >= 11 is 0. The van der Waals surface area contributed by atoms with E-state index in [2.05, 4.69) is 16.0 Å². The van der Waals surface area contributed by atoms with Crippen molar-refractivity contribution in [2.75, 3.05) is 17.2 Å². The van der Waals surface area contributed by atoms with Crippen LogP contribution in [0.15, 0.2) is 24.3 Å². The van der Waals surface area contributed by atoms with Crippen molar-refractivity contribution < 1.29 is 9.59 Å². The molecule has 0 aromatic heterocycles. The Bertz CT molecular complexity index is 415. The van der Waals surface area contributed by atoms with Gasteiger partial charge in [0.25, 0.3) is 0 Å². The van der Waals surface area contributed by atoms with Gasteiger partial charge in [-0.25, -0.2) is 0 Å². The first-order chi connectivity index (χ1) is 8.52. The number of rotatable bonds is 5. The molecule has 0 aliphatic heterocycles. The number of amides is 2. The minimum Gasteiger partial charge on any atom is -0.374 e. The summed E-state index contributed by atoms with van der Waals surface area (Å²) in [6.45, 7) is 5.76. The summed E-state index contributed by atoms with van der Waals surface area (Å²) in [5, 5.41) is 8.51. The number of anilines is 2. The second kappa shape index (κ2) is 6.64. The molecule has 98 valence electrons. The molecule has 3 N–H and O–H groups in total. The SMILES string of the molecule is CCNC(=O)C(C)Nc1ccc(NC(C)=O)cc1. The van der Waals surface area contributed by atoms with Gasteiger partial charge in [0.15, 0.2) is 0 Å². The lowest BCUT2D eigenvalue weighted by atomic mass is 10.2. The van der Waals surface area contributed by atoms with E-state index in [1.54, 1.807) is 19.1 Å². The molecular weight excluding hydrogens is 230 g/mol. The highest BCUT2D eigenvalue weighted by Crippen LogP contribution is 2.14. The molecule has 0 saturated carbocycles. The van der Waals surface area contributed by atoms with Crippen LogP contribution < -0.4 is 16.0 Å². The number of benzene rings is 1. The molecular formula is C13H19N3O2. The van der Waals surface area contributed by atoms with E-state index in [-0.39, 0.29) is 17.9 Å². The molecule has 0 spiro atoms. The van der Waals surface area contributed by atoms with E-state index >= 15 is 0 Å². The van der Waals surface area contributed by atoms with Crippen molar-refractivity contribution in [1.82, 2.24) is 5.32 Å². The van der Waals surface area contributed by atoms with Crippen LogP contribution in [-0.2, 0) is 9.59 Å². The summed E-state index contributed by atoms with van der Waals surface area (Å²) in [6, 6.07) is 6.92. The Morgan fingerprint density at radius 3 is 2.22 bits per heavy atom. The molecule has 0 heterocycles. The molecule has 0 saturated heterocycles. The van der Waals surface area contributed by atoms with E-state index in [4.69, 9.17) is 0 Å². The van der Waals surface area contributed by atoms with Crippen LogP contribution in [0.5, 0.6) is 0 Å². The third kappa shape index (κ3) is 4.45. The Kier molecular flexibility index (Phi) is 5.17. The second-order valence-corrected chi connectivity index (χ2v) is 4.02. The fraction of sp³-hybridized carbons (Fsp3) is 0.385. The van der Waals surface area contributed by atoms with Crippen molar-refractivity contribution in [1.29, 1.82) is 0 Å². The van der Waals surface area contributed by atoms with Crippen LogP contribution in [0.25, 0.3) is 0 Å². The van der Waals surface area contributed by atoms with Crippen molar-refractivity contribution in [3.63, 3.8) is 0 Å². The van der Waals surface area contributed by atoms with Gasteiger partial charge in [-0.15, -0.1) is 0 Å². The standard InChI is InChI=1S/C13H19N3O2/c1-4-14-13(18)9(2)15-11-5-7-12(8-6-11)16-10(3)17/h5-9,15H,4H2,1-3H3,(H,14,18)(H,16,17). The van der Waals surface area contributed by atoms with Gasteiger partial charge in [-0.1, -0.05) is 0 Å². The van der Waals surface area contributed by atoms with Gasteiger partial charge in [0, 0.05) is 24.8 Å². The molecule has 1 unspecified atom stereocenters. The molecule has 0 aliphatic carbocycles. The zero-order valence-electron chi connectivity index (χ0n) is 10.9. The van der Waals surface area contributed by atoms with Gasteiger partial charge >= 0.3 is 0 Å². The molecule has 0 fully saturated rings. The molecule has 5 heteroatoms. The minimum absolute atomic E-state index is 0.0385. The van der Waals surface area contributed by atoms with Crippen LogP contribution in [0.3, 0.4) is 0 Å². The first kappa shape index (κ1) is 14.0. The van der Waals surface area contributed by atoms with E-state index in [9.17, 15) is 9.59 Å². The third-order valence-corrected chi connectivity index (χ3v) is 2.33. The highest BCUT2D eigenvalue weighted by atomic mass is 16.2. The van der Waals surface area contributed by atoms with E-state index in [0.717, 1.165) is 11.4 Å². The predicted molar refractivity (Wildman–Crippen MR) is 72.5 cm³/mol. The highest BCUT2D eigenvalue weighted by Gasteiger charge is 2.10. The highest BCUT2D eigenvalue weighted by molar-refractivity contribution is 5.89. The third-order valence-electron chi connectivity index (χ3n) is 2.33. The molecule has 0 radical (unpaired) electrons. The number of carbonyl (C=O) groups is 2. The van der Waals surface area contributed by atoms with Gasteiger partial charge in [0.05, 0.1) is 0 Å². The van der Waals surface area contributed by atoms with Crippen molar-refractivity contribution >= 4 is 23.2 Å². The molecule has 18 heavy (non-hydrogen) atoms. The van der Waals surface area contributed by atoms with Gasteiger partial charge in [-0.05, 0) is 38.1 Å². The Morgan fingerprint density at radius 2 is 1.72 bits per heavy atom. The van der Waals surface area contributed by atoms with Crippen molar-refractivity contribution in [2.24, 2.45) is 0 Å². The summed E-state index contributed by atoms with van der Waals surface area (Å²) in [4.78, 5) is 22.4. The van der Waals surface area contributed by atoms with Gasteiger partial charge in [0.1, 0.15) is 6.04 Å². The van der Waals surface area contributed by atoms with Gasteiger partial charge in [-0.2, -0.15) is 0 Å². The van der Waals surface area contributed by atoms with Crippen molar-refractivity contribution in [2.45, 2.75) is 26.8 Å². The molecule has 1 aromatic carbocycles. The summed E-state index contributed by atoms with van der Waals surface area (Å²) in [6.07, 6.45) is 0. The maximum atomic E-state index is 11.5. The van der Waals surface area contributed by atoms with Crippen LogP contribution in [0, 0.1) is 0 Å².